The summed E-state index contributed by atoms with van der Waals surface area (Å²) in [4.78, 5) is 12.4. The molecule has 1 fully saturated rings. The quantitative estimate of drug-likeness (QED) is 0.771. The van der Waals surface area contributed by atoms with Gasteiger partial charge in [-0.2, -0.15) is 0 Å². The van der Waals surface area contributed by atoms with Gasteiger partial charge in [0, 0.05) is 25.1 Å². The van der Waals surface area contributed by atoms with Crippen LogP contribution >= 0.6 is 12.4 Å². The van der Waals surface area contributed by atoms with Gasteiger partial charge >= 0.3 is 0 Å². The molecule has 1 aliphatic rings. The Hall–Kier alpha value is -2.02. The first-order valence-corrected chi connectivity index (χ1v) is 8.51. The highest BCUT2D eigenvalue weighted by atomic mass is 35.5. The monoisotopic (exact) mass is 380 g/mol. The molecule has 1 aromatic heterocycles. The molecule has 2 heterocycles. The number of para-hydroxylation sites is 1. The first-order valence-electron chi connectivity index (χ1n) is 8.51. The Bertz CT molecular complexity index is 678. The second kappa shape index (κ2) is 9.62. The van der Waals surface area contributed by atoms with Gasteiger partial charge in [-0.3, -0.25) is 4.79 Å². The van der Waals surface area contributed by atoms with E-state index in [1.807, 2.05) is 30.3 Å². The first kappa shape index (κ1) is 20.3. The number of carbonyl (C=O) groups is 1. The largest absolute Gasteiger partial charge is 0.426 e. The van der Waals surface area contributed by atoms with E-state index in [4.69, 9.17) is 13.9 Å². The van der Waals surface area contributed by atoms with Crippen LogP contribution in [-0.4, -0.2) is 39.3 Å². The summed E-state index contributed by atoms with van der Waals surface area (Å²) < 4.78 is 16.5. The van der Waals surface area contributed by atoms with Crippen molar-refractivity contribution in [3.05, 3.63) is 48.2 Å². The highest BCUT2D eigenvalue weighted by Crippen LogP contribution is 2.28. The molecule has 0 aliphatic carbocycles. The lowest BCUT2D eigenvalue weighted by Crippen LogP contribution is -2.47. The van der Waals surface area contributed by atoms with Crippen molar-refractivity contribution in [1.82, 2.24) is 10.6 Å². The van der Waals surface area contributed by atoms with Crippen LogP contribution < -0.4 is 15.4 Å². The Morgan fingerprint density at radius 2 is 1.92 bits per heavy atom. The van der Waals surface area contributed by atoms with Crippen molar-refractivity contribution in [2.24, 2.45) is 5.41 Å². The van der Waals surface area contributed by atoms with Gasteiger partial charge in [-0.05, 0) is 44.1 Å². The zero-order chi connectivity index (χ0) is 17.5. The minimum Gasteiger partial charge on any atom is -0.426 e. The molecule has 1 aliphatic heterocycles. The molecule has 0 bridgehead atoms. The van der Waals surface area contributed by atoms with Crippen LogP contribution in [0, 0.1) is 5.41 Å². The highest BCUT2D eigenvalue weighted by molar-refractivity contribution is 5.91. The standard InChI is InChI=1S/C19H24N2O4.ClH/c1-23-14-19(9-11-20-12-10-19)13-21-18(22)16-7-8-17(25-16)24-15-5-3-2-4-6-15;/h2-8,20H,9-14H2,1H3,(H,21,22);1H. The molecule has 1 aromatic carbocycles. The third kappa shape index (κ3) is 5.24. The van der Waals surface area contributed by atoms with Crippen LogP contribution in [0.5, 0.6) is 11.7 Å². The topological polar surface area (TPSA) is 72.7 Å². The van der Waals surface area contributed by atoms with Crippen molar-refractivity contribution in [2.75, 3.05) is 33.4 Å². The van der Waals surface area contributed by atoms with E-state index in [9.17, 15) is 4.79 Å². The normalized spacial score (nSPS) is 15.7. The lowest BCUT2D eigenvalue weighted by atomic mass is 9.79. The van der Waals surface area contributed by atoms with Gasteiger partial charge in [0.2, 0.25) is 0 Å². The SMILES string of the molecule is COCC1(CNC(=O)c2ccc(Oc3ccccc3)o2)CCNCC1.Cl. The predicted molar refractivity (Wildman–Crippen MR) is 101 cm³/mol. The Balaban J connectivity index is 0.00000243. The maximum absolute atomic E-state index is 12.4. The number of carbonyl (C=O) groups excluding carboxylic acids is 1. The summed E-state index contributed by atoms with van der Waals surface area (Å²) in [7, 11) is 1.70. The summed E-state index contributed by atoms with van der Waals surface area (Å²) in [6, 6.07) is 12.6. The van der Waals surface area contributed by atoms with Crippen molar-refractivity contribution in [1.29, 1.82) is 0 Å². The number of furan rings is 1. The molecule has 142 valence electrons. The van der Waals surface area contributed by atoms with Gasteiger partial charge in [0.25, 0.3) is 11.9 Å². The number of rotatable bonds is 7. The number of amides is 1. The van der Waals surface area contributed by atoms with E-state index in [1.54, 1.807) is 19.2 Å². The van der Waals surface area contributed by atoms with E-state index in [0.717, 1.165) is 25.9 Å². The summed E-state index contributed by atoms with van der Waals surface area (Å²) in [6.45, 7) is 3.08. The Labute approximate surface area is 159 Å². The fourth-order valence-electron chi connectivity index (χ4n) is 3.09. The van der Waals surface area contributed by atoms with Crippen LogP contribution in [-0.2, 0) is 4.74 Å². The number of piperidine rings is 1. The van der Waals surface area contributed by atoms with Crippen molar-refractivity contribution >= 4 is 18.3 Å². The lowest BCUT2D eigenvalue weighted by molar-refractivity contribution is 0.0505. The average Bonchev–Trinajstić information content (AvgIpc) is 3.10. The molecule has 1 saturated heterocycles. The molecule has 3 rings (SSSR count). The molecule has 0 radical (unpaired) electrons. The minimum absolute atomic E-state index is 0. The van der Waals surface area contributed by atoms with Crippen LogP contribution in [0.25, 0.3) is 0 Å². The summed E-state index contributed by atoms with van der Waals surface area (Å²) in [5.41, 5.74) is -0.0222. The fraction of sp³-hybridized carbons (Fsp3) is 0.421. The van der Waals surface area contributed by atoms with Gasteiger partial charge in [0.05, 0.1) is 6.61 Å². The molecule has 1 amide bonds. The van der Waals surface area contributed by atoms with Crippen molar-refractivity contribution < 1.29 is 18.7 Å². The molecule has 2 N–H and O–H groups in total. The molecule has 0 spiro atoms. The number of hydrogen-bond acceptors (Lipinski definition) is 5. The number of benzene rings is 1. The first-order chi connectivity index (χ1) is 12.2. The number of hydrogen-bond donors (Lipinski definition) is 2. The molecule has 7 heteroatoms. The third-order valence-electron chi connectivity index (χ3n) is 4.51. The van der Waals surface area contributed by atoms with Gasteiger partial charge in [-0.15, -0.1) is 12.4 Å². The summed E-state index contributed by atoms with van der Waals surface area (Å²) in [5, 5.41) is 6.32. The molecule has 0 unspecified atom stereocenters. The minimum atomic E-state index is -0.239. The zero-order valence-electron chi connectivity index (χ0n) is 14.8. The van der Waals surface area contributed by atoms with Crippen LogP contribution in [0.3, 0.4) is 0 Å². The molecule has 0 saturated carbocycles. The van der Waals surface area contributed by atoms with E-state index in [0.29, 0.717) is 24.8 Å². The zero-order valence-corrected chi connectivity index (χ0v) is 15.6. The van der Waals surface area contributed by atoms with Crippen molar-refractivity contribution in [3.8, 4) is 11.7 Å². The Morgan fingerprint density at radius 1 is 1.19 bits per heavy atom. The number of nitrogens with one attached hydrogen (secondary N) is 2. The maximum Gasteiger partial charge on any atom is 0.290 e. The number of halogens is 1. The highest BCUT2D eigenvalue weighted by Gasteiger charge is 2.32. The lowest BCUT2D eigenvalue weighted by Gasteiger charge is -2.37. The van der Waals surface area contributed by atoms with E-state index in [-0.39, 0.29) is 29.5 Å². The molecule has 0 atom stereocenters. The second-order valence-corrected chi connectivity index (χ2v) is 6.40. The van der Waals surface area contributed by atoms with Crippen molar-refractivity contribution in [3.63, 3.8) is 0 Å². The van der Waals surface area contributed by atoms with E-state index in [2.05, 4.69) is 10.6 Å². The molecule has 26 heavy (non-hydrogen) atoms. The molecular formula is C19H25ClN2O4. The third-order valence-corrected chi connectivity index (χ3v) is 4.51. The van der Waals surface area contributed by atoms with Crippen LogP contribution in [0.1, 0.15) is 23.4 Å². The van der Waals surface area contributed by atoms with Gasteiger partial charge in [0.1, 0.15) is 5.75 Å². The summed E-state index contributed by atoms with van der Waals surface area (Å²) in [5.74, 6) is 0.965. The van der Waals surface area contributed by atoms with E-state index in [1.165, 1.54) is 0 Å². The second-order valence-electron chi connectivity index (χ2n) is 6.40. The summed E-state index contributed by atoms with van der Waals surface area (Å²) >= 11 is 0. The van der Waals surface area contributed by atoms with Crippen molar-refractivity contribution in [2.45, 2.75) is 12.8 Å². The molecule has 6 nitrogen and oxygen atoms in total. The van der Waals surface area contributed by atoms with Crippen LogP contribution in [0.2, 0.25) is 0 Å². The Kier molecular flexibility index (Phi) is 7.50. The van der Waals surface area contributed by atoms with Crippen LogP contribution in [0.15, 0.2) is 46.9 Å². The van der Waals surface area contributed by atoms with E-state index >= 15 is 0 Å². The fourth-order valence-corrected chi connectivity index (χ4v) is 3.09. The number of ether oxygens (including phenoxy) is 2. The molecule has 2 aromatic rings. The van der Waals surface area contributed by atoms with Crippen LogP contribution in [0.4, 0.5) is 0 Å². The van der Waals surface area contributed by atoms with Gasteiger partial charge in [-0.25, -0.2) is 0 Å². The van der Waals surface area contributed by atoms with Gasteiger partial charge < -0.3 is 24.5 Å². The molecular weight excluding hydrogens is 356 g/mol. The smallest absolute Gasteiger partial charge is 0.290 e. The van der Waals surface area contributed by atoms with E-state index < -0.39 is 0 Å². The summed E-state index contributed by atoms with van der Waals surface area (Å²) in [6.07, 6.45) is 1.95. The van der Waals surface area contributed by atoms with Gasteiger partial charge in [-0.1, -0.05) is 18.2 Å². The number of methoxy groups -OCH3 is 1. The Morgan fingerprint density at radius 3 is 2.62 bits per heavy atom. The average molecular weight is 381 g/mol. The van der Waals surface area contributed by atoms with Gasteiger partial charge in [0.15, 0.2) is 5.76 Å². The predicted octanol–water partition coefficient (Wildman–Crippen LogP) is 3.24. The maximum atomic E-state index is 12.4.